The summed E-state index contributed by atoms with van der Waals surface area (Å²) < 4.78 is 0.629. The van der Waals surface area contributed by atoms with Gasteiger partial charge in [-0.05, 0) is 13.0 Å². The predicted octanol–water partition coefficient (Wildman–Crippen LogP) is 1.25. The number of rotatable bonds is 2. The average molecular weight is 127 g/mol. The van der Waals surface area contributed by atoms with Crippen LogP contribution in [0.15, 0.2) is 17.3 Å². The normalized spacial score (nSPS) is 13.8. The Morgan fingerprint density at radius 2 is 1.78 bits per heavy atom. The molecule has 0 unspecified atom stereocenters. The molecule has 0 saturated heterocycles. The maximum absolute atomic E-state index is 4.17. The second-order valence-corrected chi connectivity index (χ2v) is 2.73. The van der Waals surface area contributed by atoms with Crippen LogP contribution in [0.3, 0.4) is 0 Å². The molecule has 0 fully saturated rings. The van der Waals surface area contributed by atoms with Crippen molar-refractivity contribution in [2.45, 2.75) is 6.92 Å². The van der Waals surface area contributed by atoms with Crippen LogP contribution in [0.1, 0.15) is 6.92 Å². The first-order valence-corrected chi connectivity index (χ1v) is 3.04. The third kappa shape index (κ3) is 7.37. The van der Waals surface area contributed by atoms with Gasteiger partial charge in [0.2, 0.25) is 0 Å². The van der Waals surface area contributed by atoms with Crippen LogP contribution in [0.25, 0.3) is 0 Å². The maximum atomic E-state index is 4.17. The van der Waals surface area contributed by atoms with Crippen molar-refractivity contribution in [1.29, 1.82) is 0 Å². The van der Waals surface area contributed by atoms with Crippen LogP contribution in [-0.2, 0) is 0 Å². The molecule has 0 amide bonds. The van der Waals surface area contributed by atoms with E-state index in [1.165, 1.54) is 0 Å². The number of quaternary nitrogens is 1. The Balaban J connectivity index is 3.71. The highest BCUT2D eigenvalue weighted by molar-refractivity contribution is 5.70. The molecule has 0 aromatic carbocycles. The van der Waals surface area contributed by atoms with Gasteiger partial charge >= 0.3 is 0 Å². The van der Waals surface area contributed by atoms with Crippen LogP contribution in [-0.4, -0.2) is 31.9 Å². The Kier molecular flexibility index (Phi) is 3.17. The maximum Gasteiger partial charge on any atom is 0.0923 e. The smallest absolute Gasteiger partial charge is 0.0923 e. The van der Waals surface area contributed by atoms with Crippen molar-refractivity contribution >= 4 is 6.21 Å². The number of nitrogens with zero attached hydrogens (tertiary/aromatic N) is 2. The second-order valence-electron chi connectivity index (χ2n) is 2.73. The van der Waals surface area contributed by atoms with E-state index in [1.807, 2.05) is 40.2 Å². The molecule has 0 aliphatic carbocycles. The van der Waals surface area contributed by atoms with Crippen molar-refractivity contribution in [2.24, 2.45) is 5.10 Å². The topological polar surface area (TPSA) is 12.4 Å². The zero-order valence-corrected chi connectivity index (χ0v) is 6.63. The molecule has 0 aromatic rings. The lowest BCUT2D eigenvalue weighted by Crippen LogP contribution is -2.26. The number of hydrogen-bond acceptors (Lipinski definition) is 1. The third-order valence-electron chi connectivity index (χ3n) is 0.692. The molecular formula is C7H15N2+. The molecule has 0 aliphatic rings. The lowest BCUT2D eigenvalue weighted by Gasteiger charge is -2.13. The highest BCUT2D eigenvalue weighted by Crippen LogP contribution is 1.87. The molecule has 0 aliphatic heterocycles. The van der Waals surface area contributed by atoms with E-state index in [-0.39, 0.29) is 0 Å². The molecule has 52 valence electrons. The van der Waals surface area contributed by atoms with E-state index >= 15 is 0 Å². The fourth-order valence-corrected chi connectivity index (χ4v) is 0.325. The molecule has 0 rings (SSSR count). The van der Waals surface area contributed by atoms with Gasteiger partial charge in [0.15, 0.2) is 0 Å². The summed E-state index contributed by atoms with van der Waals surface area (Å²) in [6, 6.07) is 0. The Bertz CT molecular complexity index is 117. The van der Waals surface area contributed by atoms with Gasteiger partial charge in [-0.1, -0.05) is 11.2 Å². The number of hydrogen-bond donors (Lipinski definition) is 0. The molecule has 9 heavy (non-hydrogen) atoms. The van der Waals surface area contributed by atoms with E-state index in [1.54, 1.807) is 6.21 Å². The second kappa shape index (κ2) is 3.41. The van der Waals surface area contributed by atoms with E-state index in [0.29, 0.717) is 4.59 Å². The molecular weight excluding hydrogens is 112 g/mol. The van der Waals surface area contributed by atoms with E-state index in [9.17, 15) is 0 Å². The van der Waals surface area contributed by atoms with Gasteiger partial charge in [0.1, 0.15) is 0 Å². The first kappa shape index (κ1) is 8.37. The van der Waals surface area contributed by atoms with Gasteiger partial charge in [-0.2, -0.15) is 0 Å². The van der Waals surface area contributed by atoms with Gasteiger partial charge in [0, 0.05) is 0 Å². The Morgan fingerprint density at radius 3 is 2.11 bits per heavy atom. The van der Waals surface area contributed by atoms with Crippen LogP contribution in [0, 0.1) is 0 Å². The lowest BCUT2D eigenvalue weighted by molar-refractivity contribution is -0.876. The van der Waals surface area contributed by atoms with Crippen molar-refractivity contribution in [3.05, 3.63) is 12.2 Å². The molecule has 0 aromatic heterocycles. The molecule has 0 spiro atoms. The summed E-state index contributed by atoms with van der Waals surface area (Å²) in [4.78, 5) is 0. The zero-order chi connectivity index (χ0) is 7.33. The standard InChI is InChI=1S/C7H15N2/c1-5-6-7-8-9(2,3)4/h5-7H,1-4H3/q+1/b6-5+,8-7+. The average Bonchev–Trinajstić information content (AvgIpc) is 1.63. The SMILES string of the molecule is C/C=C/C=N/[N+](C)(C)C. The first-order chi connectivity index (χ1) is 4.06. The van der Waals surface area contributed by atoms with Crippen molar-refractivity contribution in [2.75, 3.05) is 21.1 Å². The molecule has 0 saturated carbocycles. The highest BCUT2D eigenvalue weighted by atomic mass is 15.6. The summed E-state index contributed by atoms with van der Waals surface area (Å²) >= 11 is 0. The minimum Gasteiger partial charge on any atom is -0.205 e. The van der Waals surface area contributed by atoms with Gasteiger partial charge in [-0.25, -0.2) is 4.59 Å². The van der Waals surface area contributed by atoms with Crippen LogP contribution in [0.2, 0.25) is 0 Å². The Hall–Kier alpha value is -0.630. The monoisotopic (exact) mass is 127 g/mol. The van der Waals surface area contributed by atoms with Crippen molar-refractivity contribution in [3.63, 3.8) is 0 Å². The predicted molar refractivity (Wildman–Crippen MR) is 41.3 cm³/mol. The minimum atomic E-state index is 0.629. The summed E-state index contributed by atoms with van der Waals surface area (Å²) in [5, 5.41) is 4.17. The largest absolute Gasteiger partial charge is 0.205 e. The van der Waals surface area contributed by atoms with Crippen molar-refractivity contribution in [3.8, 4) is 0 Å². The lowest BCUT2D eigenvalue weighted by atomic mass is 10.6. The fraction of sp³-hybridized carbons (Fsp3) is 0.571. The summed E-state index contributed by atoms with van der Waals surface area (Å²) in [6.45, 7) is 1.97. The van der Waals surface area contributed by atoms with Crippen molar-refractivity contribution in [1.82, 2.24) is 0 Å². The summed E-state index contributed by atoms with van der Waals surface area (Å²) in [6.07, 6.45) is 5.68. The molecule has 0 radical (unpaired) electrons. The van der Waals surface area contributed by atoms with Gasteiger partial charge in [-0.3, -0.25) is 0 Å². The van der Waals surface area contributed by atoms with Gasteiger partial charge in [0.05, 0.1) is 27.4 Å². The first-order valence-electron chi connectivity index (χ1n) is 3.04. The van der Waals surface area contributed by atoms with Crippen LogP contribution in [0.4, 0.5) is 0 Å². The van der Waals surface area contributed by atoms with Gasteiger partial charge < -0.3 is 0 Å². The van der Waals surface area contributed by atoms with Crippen LogP contribution < -0.4 is 0 Å². The summed E-state index contributed by atoms with van der Waals surface area (Å²) in [7, 11) is 6.04. The number of allylic oxidation sites excluding steroid dienone is 2. The van der Waals surface area contributed by atoms with Gasteiger partial charge in [0.25, 0.3) is 0 Å². The highest BCUT2D eigenvalue weighted by Gasteiger charge is 1.98. The van der Waals surface area contributed by atoms with Crippen LogP contribution >= 0.6 is 0 Å². The van der Waals surface area contributed by atoms with E-state index in [4.69, 9.17) is 0 Å². The van der Waals surface area contributed by atoms with E-state index < -0.39 is 0 Å². The zero-order valence-electron chi connectivity index (χ0n) is 6.63. The summed E-state index contributed by atoms with van der Waals surface area (Å²) in [5.41, 5.74) is 0. The fourth-order valence-electron chi connectivity index (χ4n) is 0.325. The minimum absolute atomic E-state index is 0.629. The van der Waals surface area contributed by atoms with Gasteiger partial charge in [-0.15, -0.1) is 0 Å². The molecule has 0 heterocycles. The van der Waals surface area contributed by atoms with Crippen LogP contribution in [0.5, 0.6) is 0 Å². The molecule has 0 bridgehead atoms. The Morgan fingerprint density at radius 1 is 1.22 bits per heavy atom. The van der Waals surface area contributed by atoms with Crippen molar-refractivity contribution < 1.29 is 4.59 Å². The molecule has 0 atom stereocenters. The van der Waals surface area contributed by atoms with E-state index in [2.05, 4.69) is 5.10 Å². The molecule has 2 nitrogen and oxygen atoms in total. The quantitative estimate of drug-likeness (QED) is 0.301. The molecule has 2 heteroatoms. The third-order valence-corrected chi connectivity index (χ3v) is 0.692. The Labute approximate surface area is 57.1 Å². The summed E-state index contributed by atoms with van der Waals surface area (Å²) in [5.74, 6) is 0. The molecule has 0 N–H and O–H groups in total. The van der Waals surface area contributed by atoms with E-state index in [0.717, 1.165) is 0 Å².